The molecule has 1 aliphatic heterocycles. The van der Waals surface area contributed by atoms with E-state index in [1.54, 1.807) is 12.1 Å². The number of hydrogen-bond donors (Lipinski definition) is 3. The fourth-order valence-corrected chi connectivity index (χ4v) is 12.4. The van der Waals surface area contributed by atoms with Gasteiger partial charge in [-0.05, 0) is 64.5 Å². The predicted molar refractivity (Wildman–Crippen MR) is 169 cm³/mol. The Morgan fingerprint density at radius 2 is 1.62 bits per heavy atom. The van der Waals surface area contributed by atoms with Crippen molar-refractivity contribution in [1.29, 1.82) is 0 Å². The number of sulfone groups is 1. The van der Waals surface area contributed by atoms with Crippen molar-refractivity contribution in [3.63, 3.8) is 0 Å². The Morgan fingerprint density at radius 1 is 1.02 bits per heavy atom. The van der Waals surface area contributed by atoms with Gasteiger partial charge in [0.2, 0.25) is 0 Å². The van der Waals surface area contributed by atoms with Gasteiger partial charge in [0, 0.05) is 0 Å². The van der Waals surface area contributed by atoms with Gasteiger partial charge < -0.3 is 24.2 Å². The Hall–Kier alpha value is -2.79. The molecule has 0 bridgehead atoms. The van der Waals surface area contributed by atoms with Crippen LogP contribution in [0.25, 0.3) is 6.08 Å². The van der Waals surface area contributed by atoms with E-state index in [0.29, 0.717) is 29.1 Å². The van der Waals surface area contributed by atoms with E-state index in [2.05, 4.69) is 45.0 Å². The third-order valence-electron chi connectivity index (χ3n) is 8.01. The van der Waals surface area contributed by atoms with Gasteiger partial charge in [-0.2, -0.15) is 0 Å². The lowest BCUT2D eigenvalue weighted by Crippen LogP contribution is -2.66. The summed E-state index contributed by atoms with van der Waals surface area (Å²) in [5, 5.41) is 31.5. The molecule has 3 N–H and O–H groups in total. The first-order valence-electron chi connectivity index (χ1n) is 14.3. The van der Waals surface area contributed by atoms with Gasteiger partial charge in [0.05, 0.1) is 25.1 Å². The van der Waals surface area contributed by atoms with Crippen LogP contribution in [0.2, 0.25) is 5.04 Å². The molecule has 2 heterocycles. The van der Waals surface area contributed by atoms with Crippen molar-refractivity contribution in [2.24, 2.45) is 0 Å². The minimum atomic E-state index is -3.70. The third kappa shape index (κ3) is 6.72. The Kier molecular flexibility index (Phi) is 10.1. The van der Waals surface area contributed by atoms with Crippen molar-refractivity contribution in [3.05, 3.63) is 101 Å². The van der Waals surface area contributed by atoms with Gasteiger partial charge in [-0.15, -0.1) is 0 Å². The highest BCUT2D eigenvalue weighted by Crippen LogP contribution is 2.39. The van der Waals surface area contributed by atoms with Crippen molar-refractivity contribution >= 4 is 34.6 Å². The second kappa shape index (κ2) is 13.2. The summed E-state index contributed by atoms with van der Waals surface area (Å²) in [4.78, 5) is 0. The minimum absolute atomic E-state index is 0.0422. The molecule has 226 valence electrons. The van der Waals surface area contributed by atoms with Gasteiger partial charge in [0.1, 0.15) is 23.4 Å². The van der Waals surface area contributed by atoms with Crippen LogP contribution in [0.3, 0.4) is 0 Å². The van der Waals surface area contributed by atoms with Crippen LogP contribution in [0.1, 0.15) is 52.1 Å². The third-order valence-corrected chi connectivity index (χ3v) is 15.0. The summed E-state index contributed by atoms with van der Waals surface area (Å²) in [5.41, 5.74) is 1.80. The summed E-state index contributed by atoms with van der Waals surface area (Å²) in [5.74, 6) is 0.807. The van der Waals surface area contributed by atoms with Crippen LogP contribution < -0.4 is 10.4 Å². The molecule has 4 rings (SSSR count). The Morgan fingerprint density at radius 3 is 2.12 bits per heavy atom. The van der Waals surface area contributed by atoms with Crippen molar-refractivity contribution in [1.82, 2.24) is 0 Å². The average molecular weight is 611 g/mol. The molecule has 0 unspecified atom stereocenters. The monoisotopic (exact) mass is 610 g/mol. The number of hydrogen-bond acceptors (Lipinski definition) is 7. The zero-order valence-corrected chi connectivity index (χ0v) is 26.6. The molecular weight excluding hydrogens is 569 g/mol. The van der Waals surface area contributed by atoms with Crippen molar-refractivity contribution in [2.75, 3.05) is 19.0 Å². The van der Waals surface area contributed by atoms with Crippen LogP contribution in [0.4, 0.5) is 0 Å². The van der Waals surface area contributed by atoms with Gasteiger partial charge in [0.25, 0.3) is 8.32 Å². The Bertz CT molecular complexity index is 1460. The van der Waals surface area contributed by atoms with Crippen LogP contribution in [-0.2, 0) is 20.9 Å². The molecule has 0 saturated carbocycles. The number of rotatable bonds is 12. The Balaban J connectivity index is 1.67. The SMILES string of the molecule is C/C(=C\c1ccc(CO)o1)CC[C@@H](O)C1=C(CO[Si](c2ccccc2)(c2ccccc2)C(C)(C)C)CS(=O)(=O)[C@H]1CO. The van der Waals surface area contributed by atoms with Crippen LogP contribution in [0, 0.1) is 0 Å². The van der Waals surface area contributed by atoms with Gasteiger partial charge in [0.15, 0.2) is 9.84 Å². The van der Waals surface area contributed by atoms with E-state index in [1.165, 1.54) is 0 Å². The van der Waals surface area contributed by atoms with Crippen molar-refractivity contribution in [2.45, 2.75) is 63.5 Å². The molecule has 1 aromatic heterocycles. The van der Waals surface area contributed by atoms with E-state index in [-0.39, 0.29) is 30.4 Å². The molecule has 0 radical (unpaired) electrons. The minimum Gasteiger partial charge on any atom is -0.459 e. The fourth-order valence-electron chi connectivity index (χ4n) is 5.98. The molecule has 9 heteroatoms. The first kappa shape index (κ1) is 32.1. The second-order valence-corrected chi connectivity index (χ2v) is 18.5. The number of allylic oxidation sites excluding steroid dienone is 1. The van der Waals surface area contributed by atoms with E-state index in [4.69, 9.17) is 8.84 Å². The lowest BCUT2D eigenvalue weighted by atomic mass is 9.96. The first-order chi connectivity index (χ1) is 19.9. The molecule has 0 spiro atoms. The number of aliphatic hydroxyl groups is 3. The predicted octanol–water partition coefficient (Wildman–Crippen LogP) is 3.98. The standard InChI is InChI=1S/C33H42O7SSi/c1-24(19-26-16-17-27(20-34)40-26)15-18-30(36)32-25(23-41(37,38)31(32)21-35)22-39-42(33(2,3)4,28-11-7-5-8-12-28)29-13-9-6-10-14-29/h5-14,16-17,19,30-31,34-36H,15,18,20-23H2,1-4H3/b24-19+/t30-,31+/m1/s1. The molecule has 0 saturated heterocycles. The maximum atomic E-state index is 13.2. The van der Waals surface area contributed by atoms with E-state index in [0.717, 1.165) is 15.9 Å². The summed E-state index contributed by atoms with van der Waals surface area (Å²) in [6.07, 6.45) is 1.54. The normalized spacial score (nSPS) is 18.5. The zero-order chi connectivity index (χ0) is 30.5. The fraction of sp³-hybridized carbons (Fsp3) is 0.394. The van der Waals surface area contributed by atoms with Crippen LogP contribution in [0.15, 0.2) is 93.9 Å². The van der Waals surface area contributed by atoms with Crippen molar-refractivity contribution < 1.29 is 32.6 Å². The summed E-state index contributed by atoms with van der Waals surface area (Å²) in [7, 11) is -6.65. The average Bonchev–Trinajstić information content (AvgIpc) is 3.52. The van der Waals surface area contributed by atoms with Crippen LogP contribution >= 0.6 is 0 Å². The molecular formula is C33H42O7SSi. The van der Waals surface area contributed by atoms with Gasteiger partial charge >= 0.3 is 0 Å². The molecule has 3 aromatic rings. The maximum absolute atomic E-state index is 13.2. The maximum Gasteiger partial charge on any atom is 0.261 e. The second-order valence-electron chi connectivity index (χ2n) is 12.0. The van der Waals surface area contributed by atoms with Crippen molar-refractivity contribution in [3.8, 4) is 0 Å². The number of aliphatic hydroxyl groups excluding tert-OH is 3. The molecule has 7 nitrogen and oxygen atoms in total. The molecule has 1 aliphatic rings. The van der Waals surface area contributed by atoms with E-state index in [9.17, 15) is 23.7 Å². The van der Waals surface area contributed by atoms with Crippen LogP contribution in [0.5, 0.6) is 0 Å². The molecule has 42 heavy (non-hydrogen) atoms. The van der Waals surface area contributed by atoms with Gasteiger partial charge in [-0.25, -0.2) is 8.42 Å². The lowest BCUT2D eigenvalue weighted by molar-refractivity contribution is 0.187. The molecule has 0 fully saturated rings. The summed E-state index contributed by atoms with van der Waals surface area (Å²) >= 11 is 0. The van der Waals surface area contributed by atoms with Gasteiger partial charge in [-0.1, -0.05) is 87.0 Å². The molecule has 0 aliphatic carbocycles. The molecule has 2 atom stereocenters. The first-order valence-corrected chi connectivity index (χ1v) is 17.9. The largest absolute Gasteiger partial charge is 0.459 e. The molecule has 0 amide bonds. The summed E-state index contributed by atoms with van der Waals surface area (Å²) in [6.45, 7) is 7.64. The smallest absolute Gasteiger partial charge is 0.261 e. The molecule has 2 aromatic carbocycles. The Labute approximate surface area is 250 Å². The number of benzene rings is 2. The van der Waals surface area contributed by atoms with E-state index >= 15 is 0 Å². The quantitative estimate of drug-likeness (QED) is 0.210. The zero-order valence-electron chi connectivity index (χ0n) is 24.8. The van der Waals surface area contributed by atoms with Gasteiger partial charge in [-0.3, -0.25) is 0 Å². The summed E-state index contributed by atoms with van der Waals surface area (Å²) < 4.78 is 38.9. The lowest BCUT2D eigenvalue weighted by Gasteiger charge is -2.43. The summed E-state index contributed by atoms with van der Waals surface area (Å²) in [6, 6.07) is 23.7. The van der Waals surface area contributed by atoms with E-state index < -0.39 is 36.1 Å². The highest BCUT2D eigenvalue weighted by molar-refractivity contribution is 7.92. The number of furan rings is 1. The van der Waals surface area contributed by atoms with E-state index in [1.807, 2.05) is 49.4 Å². The highest BCUT2D eigenvalue weighted by atomic mass is 32.2. The topological polar surface area (TPSA) is 117 Å². The highest BCUT2D eigenvalue weighted by Gasteiger charge is 2.51. The van der Waals surface area contributed by atoms with Crippen LogP contribution in [-0.4, -0.2) is 62.4 Å².